The molecule has 0 fully saturated rings. The Balaban J connectivity index is 0. The summed E-state index contributed by atoms with van der Waals surface area (Å²) < 4.78 is 0. The Labute approximate surface area is 210 Å². The second-order valence-corrected chi connectivity index (χ2v) is 8.44. The Bertz CT molecular complexity index is 601. The largest absolute Gasteiger partial charge is 0.479 e. The maximum Gasteiger partial charge on any atom is 0.347 e. The Morgan fingerprint density at radius 1 is 0.657 bits per heavy atom. The van der Waals surface area contributed by atoms with Gasteiger partial charge in [-0.15, -0.1) is 0 Å². The number of carbonyl (C=O) groups is 4. The molecule has 9 heteroatoms. The Kier molecular flexibility index (Phi) is 24.1. The first-order chi connectivity index (χ1) is 16.7. The number of unbranched alkanes of at least 4 members (excludes halogenated alkanes) is 13. The van der Waals surface area contributed by atoms with Gasteiger partial charge in [-0.1, -0.05) is 110 Å². The van der Waals surface area contributed by atoms with Gasteiger partial charge in [-0.05, 0) is 18.6 Å². The zero-order valence-corrected chi connectivity index (χ0v) is 21.3. The van der Waals surface area contributed by atoms with Crippen molar-refractivity contribution in [1.82, 2.24) is 10.6 Å². The predicted molar refractivity (Wildman–Crippen MR) is 137 cm³/mol. The molecule has 5 N–H and O–H groups in total. The minimum absolute atomic E-state index is 0.396. The summed E-state index contributed by atoms with van der Waals surface area (Å²) in [4.78, 5) is 42.4. The smallest absolute Gasteiger partial charge is 0.347 e. The Hall–Kier alpha value is -2.68. The van der Waals surface area contributed by atoms with E-state index in [0.29, 0.717) is 6.42 Å². The molecule has 1 atom stereocenters. The molecule has 35 heavy (non-hydrogen) atoms. The molecule has 0 heterocycles. The number of amides is 2. The first-order valence-corrected chi connectivity index (χ1v) is 12.7. The van der Waals surface area contributed by atoms with Crippen LogP contribution in [0.25, 0.3) is 0 Å². The Morgan fingerprint density at radius 3 is 1.29 bits per heavy atom. The number of carboxylic acids is 2. The molecule has 0 aliphatic rings. The first kappa shape index (κ1) is 34.5. The third-order valence-corrected chi connectivity index (χ3v) is 5.31. The predicted octanol–water partition coefficient (Wildman–Crippen LogP) is 4.30. The van der Waals surface area contributed by atoms with Gasteiger partial charge in [-0.3, -0.25) is 9.59 Å². The van der Waals surface area contributed by atoms with Crippen LogP contribution < -0.4 is 10.6 Å². The maximum atomic E-state index is 10.7. The summed E-state index contributed by atoms with van der Waals surface area (Å²) in [6, 6.07) is 0. The van der Waals surface area contributed by atoms with E-state index < -0.39 is 36.0 Å². The van der Waals surface area contributed by atoms with E-state index in [1.165, 1.54) is 77.0 Å². The number of carbonyl (C=O) groups excluding carboxylic acids is 2. The highest BCUT2D eigenvalue weighted by molar-refractivity contribution is 5.94. The van der Waals surface area contributed by atoms with Crippen molar-refractivity contribution in [3.05, 3.63) is 25.3 Å². The summed E-state index contributed by atoms with van der Waals surface area (Å²) in [5, 5.41) is 30.2. The quantitative estimate of drug-likeness (QED) is 0.0898. The van der Waals surface area contributed by atoms with Crippen molar-refractivity contribution in [3.8, 4) is 0 Å². The van der Waals surface area contributed by atoms with Crippen LogP contribution in [0.3, 0.4) is 0 Å². The van der Waals surface area contributed by atoms with Gasteiger partial charge in [0.25, 0.3) is 0 Å². The molecule has 0 aromatic rings. The first-order valence-electron chi connectivity index (χ1n) is 12.7. The van der Waals surface area contributed by atoms with Crippen molar-refractivity contribution in [1.29, 1.82) is 0 Å². The molecule has 0 saturated heterocycles. The molecule has 0 spiro atoms. The van der Waals surface area contributed by atoms with E-state index in [2.05, 4.69) is 20.1 Å². The van der Waals surface area contributed by atoms with Gasteiger partial charge in [0.15, 0.2) is 6.10 Å². The SMILES string of the molecule is C=CC(=O)NC(NC(=O)C=C)C(=O)O.CCCCCCCCCCCCCCCCC(O)C(=O)O. The number of hydrogen-bond acceptors (Lipinski definition) is 5. The van der Waals surface area contributed by atoms with Crippen molar-refractivity contribution in [2.75, 3.05) is 0 Å². The standard InChI is InChI=1S/C18H36O3.C8H10N2O4/c1-2-3-4-5-6-7-8-9-10-11-12-13-14-15-16-17(19)18(20)21;1-3-5(11)9-7(8(13)14)10-6(12)4-2/h17,19H,2-16H2,1H3,(H,20,21);3-4,7H,1-2H2,(H,9,11)(H,10,12)(H,13,14). The van der Waals surface area contributed by atoms with E-state index in [0.717, 1.165) is 25.0 Å². The fourth-order valence-corrected chi connectivity index (χ4v) is 3.22. The van der Waals surface area contributed by atoms with Crippen LogP contribution in [0.15, 0.2) is 25.3 Å². The van der Waals surface area contributed by atoms with Gasteiger partial charge in [0, 0.05) is 0 Å². The maximum absolute atomic E-state index is 10.7. The molecule has 0 aromatic carbocycles. The molecule has 0 radical (unpaired) electrons. The van der Waals surface area contributed by atoms with Gasteiger partial charge < -0.3 is 26.0 Å². The molecule has 2 amide bonds. The highest BCUT2D eigenvalue weighted by Crippen LogP contribution is 2.13. The van der Waals surface area contributed by atoms with Crippen molar-refractivity contribution in [2.24, 2.45) is 0 Å². The lowest BCUT2D eigenvalue weighted by atomic mass is 10.0. The average molecular weight is 499 g/mol. The molecule has 0 saturated carbocycles. The van der Waals surface area contributed by atoms with Crippen molar-refractivity contribution >= 4 is 23.8 Å². The summed E-state index contributed by atoms with van der Waals surface area (Å²) in [6.45, 7) is 8.53. The molecule has 0 aliphatic carbocycles. The summed E-state index contributed by atoms with van der Waals surface area (Å²) in [6.07, 6.45) is 17.6. The van der Waals surface area contributed by atoms with Gasteiger partial charge in [0.2, 0.25) is 18.0 Å². The number of carboxylic acid groups (broad SMARTS) is 2. The van der Waals surface area contributed by atoms with Crippen LogP contribution in [-0.2, 0) is 19.2 Å². The van der Waals surface area contributed by atoms with E-state index in [9.17, 15) is 19.2 Å². The van der Waals surface area contributed by atoms with Gasteiger partial charge in [-0.25, -0.2) is 9.59 Å². The Morgan fingerprint density at radius 2 is 1.00 bits per heavy atom. The minimum atomic E-state index is -1.48. The van der Waals surface area contributed by atoms with Crippen LogP contribution in [0.1, 0.15) is 103 Å². The molecule has 9 nitrogen and oxygen atoms in total. The molecule has 0 aromatic heterocycles. The lowest BCUT2D eigenvalue weighted by Gasteiger charge is -2.13. The number of nitrogens with one attached hydrogen (secondary N) is 2. The van der Waals surface area contributed by atoms with E-state index in [1.54, 1.807) is 0 Å². The van der Waals surface area contributed by atoms with E-state index in [1.807, 2.05) is 10.6 Å². The third-order valence-electron chi connectivity index (χ3n) is 5.31. The van der Waals surface area contributed by atoms with Crippen LogP contribution in [0.2, 0.25) is 0 Å². The van der Waals surface area contributed by atoms with Crippen LogP contribution in [0.5, 0.6) is 0 Å². The summed E-state index contributed by atoms with van der Waals surface area (Å²) in [5.74, 6) is -3.86. The lowest BCUT2D eigenvalue weighted by Crippen LogP contribution is -2.52. The zero-order valence-electron chi connectivity index (χ0n) is 21.3. The summed E-state index contributed by atoms with van der Waals surface area (Å²) in [5.41, 5.74) is 0. The molecule has 0 aliphatic heterocycles. The van der Waals surface area contributed by atoms with Gasteiger partial charge in [0.1, 0.15) is 0 Å². The van der Waals surface area contributed by atoms with Crippen molar-refractivity contribution in [3.63, 3.8) is 0 Å². The van der Waals surface area contributed by atoms with Gasteiger partial charge >= 0.3 is 11.9 Å². The molecule has 202 valence electrons. The number of rotatable bonds is 21. The normalized spacial score (nSPS) is 11.1. The zero-order chi connectivity index (χ0) is 26.9. The highest BCUT2D eigenvalue weighted by Gasteiger charge is 2.19. The number of aliphatic hydroxyl groups excluding tert-OH is 1. The number of hydrogen-bond donors (Lipinski definition) is 5. The van der Waals surface area contributed by atoms with Crippen LogP contribution in [0.4, 0.5) is 0 Å². The van der Waals surface area contributed by atoms with Gasteiger partial charge in [-0.2, -0.15) is 0 Å². The lowest BCUT2D eigenvalue weighted by molar-refractivity contribution is -0.147. The minimum Gasteiger partial charge on any atom is -0.479 e. The molecule has 1 unspecified atom stereocenters. The van der Waals surface area contributed by atoms with E-state index in [4.69, 9.17) is 15.3 Å². The third kappa shape index (κ3) is 24.3. The van der Waals surface area contributed by atoms with Crippen LogP contribution in [-0.4, -0.2) is 51.3 Å². The number of aliphatic hydroxyl groups is 1. The second kappa shape index (κ2) is 24.4. The molecule has 0 rings (SSSR count). The monoisotopic (exact) mass is 498 g/mol. The van der Waals surface area contributed by atoms with Crippen LogP contribution in [0, 0.1) is 0 Å². The number of aliphatic carboxylic acids is 2. The molecular formula is C26H46N2O7. The van der Waals surface area contributed by atoms with Crippen molar-refractivity contribution < 1.29 is 34.5 Å². The fourth-order valence-electron chi connectivity index (χ4n) is 3.22. The van der Waals surface area contributed by atoms with E-state index in [-0.39, 0.29) is 0 Å². The average Bonchev–Trinajstić information content (AvgIpc) is 2.83. The molecular weight excluding hydrogens is 452 g/mol. The topological polar surface area (TPSA) is 153 Å². The summed E-state index contributed by atoms with van der Waals surface area (Å²) in [7, 11) is 0. The van der Waals surface area contributed by atoms with Crippen molar-refractivity contribution in [2.45, 2.75) is 116 Å². The van der Waals surface area contributed by atoms with Gasteiger partial charge in [0.05, 0.1) is 0 Å². The second-order valence-electron chi connectivity index (χ2n) is 8.44. The highest BCUT2D eigenvalue weighted by atomic mass is 16.4. The van der Waals surface area contributed by atoms with E-state index >= 15 is 0 Å². The fraction of sp³-hybridized carbons (Fsp3) is 0.692. The molecule has 0 bridgehead atoms. The summed E-state index contributed by atoms with van der Waals surface area (Å²) >= 11 is 0. The van der Waals surface area contributed by atoms with Crippen LogP contribution >= 0.6 is 0 Å².